The predicted octanol–water partition coefficient (Wildman–Crippen LogP) is 6.38. The number of nitrogens with one attached hydrogen (secondary N) is 1. The van der Waals surface area contributed by atoms with Crippen molar-refractivity contribution >= 4 is 28.9 Å². The second kappa shape index (κ2) is 5.89. The third kappa shape index (κ3) is 2.47. The van der Waals surface area contributed by atoms with Crippen molar-refractivity contribution in [3.8, 4) is 0 Å². The normalized spacial score (nSPS) is 24.9. The molecule has 1 nitrogen and oxygen atoms in total. The zero-order chi connectivity index (χ0) is 16.0. The van der Waals surface area contributed by atoms with Gasteiger partial charge in [0.25, 0.3) is 0 Å². The zero-order valence-electron chi connectivity index (χ0n) is 13.0. The van der Waals surface area contributed by atoms with E-state index >= 15 is 0 Å². The molecule has 118 valence electrons. The number of para-hydroxylation sites is 1. The number of halogens is 2. The lowest BCUT2D eigenvalue weighted by Crippen LogP contribution is -2.30. The van der Waals surface area contributed by atoms with Crippen LogP contribution < -0.4 is 5.32 Å². The lowest BCUT2D eigenvalue weighted by molar-refractivity contribution is 0.425. The number of rotatable bonds is 2. The third-order valence-electron chi connectivity index (χ3n) is 5.16. The number of fused-ring (bicyclic) bond motifs is 3. The molecule has 1 N–H and O–H groups in total. The van der Waals surface area contributed by atoms with Crippen molar-refractivity contribution in [1.82, 2.24) is 0 Å². The van der Waals surface area contributed by atoms with Crippen LogP contribution in [-0.4, -0.2) is 0 Å². The molecular weight excluding hydrogens is 325 g/mol. The lowest BCUT2D eigenvalue weighted by Gasteiger charge is -2.39. The van der Waals surface area contributed by atoms with Crippen LogP contribution in [0.25, 0.3) is 0 Å². The fourth-order valence-corrected chi connectivity index (χ4v) is 4.57. The van der Waals surface area contributed by atoms with E-state index in [1.165, 1.54) is 16.8 Å². The summed E-state index contributed by atoms with van der Waals surface area (Å²) in [5, 5.41) is 5.23. The molecule has 0 saturated heterocycles. The smallest absolute Gasteiger partial charge is 0.0568 e. The van der Waals surface area contributed by atoms with Gasteiger partial charge < -0.3 is 5.32 Å². The third-order valence-corrected chi connectivity index (χ3v) is 5.72. The molecule has 1 aliphatic heterocycles. The molecule has 2 aromatic rings. The van der Waals surface area contributed by atoms with Gasteiger partial charge >= 0.3 is 0 Å². The lowest BCUT2D eigenvalue weighted by atomic mass is 9.76. The first-order valence-corrected chi connectivity index (χ1v) is 8.94. The summed E-state index contributed by atoms with van der Waals surface area (Å²) in [6.45, 7) is 2.21. The standard InChI is InChI=1S/C20H19Cl2N/c1-2-12-5-3-7-15-14-6-4-8-16(14)20(23-19(12)15)17-10-9-13(21)11-18(17)22/h3-7,9-11,14,16,20,23H,2,8H2,1H3/t14-,16+,20-/m0/s1. The van der Waals surface area contributed by atoms with Crippen LogP contribution >= 0.6 is 23.2 Å². The summed E-state index contributed by atoms with van der Waals surface area (Å²) in [5.41, 5.74) is 5.23. The van der Waals surface area contributed by atoms with Crippen LogP contribution in [0.1, 0.15) is 42.0 Å². The summed E-state index contributed by atoms with van der Waals surface area (Å²) < 4.78 is 0. The minimum absolute atomic E-state index is 0.222. The van der Waals surface area contributed by atoms with Gasteiger partial charge in [-0.25, -0.2) is 0 Å². The summed E-state index contributed by atoms with van der Waals surface area (Å²) >= 11 is 12.6. The molecule has 0 aromatic heterocycles. The van der Waals surface area contributed by atoms with Gasteiger partial charge in [0.05, 0.1) is 6.04 Å². The molecule has 0 amide bonds. The predicted molar refractivity (Wildman–Crippen MR) is 98.6 cm³/mol. The Morgan fingerprint density at radius 2 is 2.00 bits per heavy atom. The van der Waals surface area contributed by atoms with Crippen LogP contribution in [0.4, 0.5) is 5.69 Å². The maximum absolute atomic E-state index is 6.51. The zero-order valence-corrected chi connectivity index (χ0v) is 14.5. The molecule has 0 saturated carbocycles. The second-order valence-electron chi connectivity index (χ2n) is 6.38. The Labute approximate surface area is 147 Å². The van der Waals surface area contributed by atoms with Gasteiger partial charge in [-0.3, -0.25) is 0 Å². The maximum Gasteiger partial charge on any atom is 0.0568 e. The van der Waals surface area contributed by atoms with Crippen molar-refractivity contribution in [3.63, 3.8) is 0 Å². The van der Waals surface area contributed by atoms with E-state index in [4.69, 9.17) is 23.2 Å². The van der Waals surface area contributed by atoms with Crippen molar-refractivity contribution in [2.45, 2.75) is 31.7 Å². The number of hydrogen-bond acceptors (Lipinski definition) is 1. The molecule has 2 aliphatic rings. The van der Waals surface area contributed by atoms with Gasteiger partial charge in [0, 0.05) is 21.7 Å². The number of aryl methyl sites for hydroxylation is 1. The first kappa shape index (κ1) is 15.1. The summed E-state index contributed by atoms with van der Waals surface area (Å²) in [6.07, 6.45) is 6.78. The largest absolute Gasteiger partial charge is 0.377 e. The minimum atomic E-state index is 0.222. The Morgan fingerprint density at radius 1 is 1.13 bits per heavy atom. The SMILES string of the molecule is CCc1cccc2c1N[C@H](c1ccc(Cl)cc1Cl)[C@@H]1CC=C[C@@H]21. The highest BCUT2D eigenvalue weighted by molar-refractivity contribution is 6.35. The summed E-state index contributed by atoms with van der Waals surface area (Å²) in [6, 6.07) is 12.7. The monoisotopic (exact) mass is 343 g/mol. The van der Waals surface area contributed by atoms with Crippen LogP contribution in [-0.2, 0) is 6.42 Å². The molecule has 0 spiro atoms. The molecular formula is C20H19Cl2N. The van der Waals surface area contributed by atoms with Crippen LogP contribution in [0, 0.1) is 5.92 Å². The fraction of sp³-hybridized carbons (Fsp3) is 0.300. The Bertz CT molecular complexity index is 781. The first-order valence-electron chi connectivity index (χ1n) is 8.19. The van der Waals surface area contributed by atoms with Gasteiger partial charge in [-0.2, -0.15) is 0 Å². The number of benzene rings is 2. The fourth-order valence-electron chi connectivity index (χ4n) is 4.04. The average Bonchev–Trinajstić information content (AvgIpc) is 3.04. The molecule has 3 atom stereocenters. The van der Waals surface area contributed by atoms with Gasteiger partial charge in [-0.15, -0.1) is 0 Å². The summed E-state index contributed by atoms with van der Waals surface area (Å²) in [7, 11) is 0. The molecule has 0 fully saturated rings. The van der Waals surface area contributed by atoms with E-state index in [2.05, 4.69) is 48.7 Å². The highest BCUT2D eigenvalue weighted by Gasteiger charge is 2.39. The van der Waals surface area contributed by atoms with E-state index in [0.717, 1.165) is 23.4 Å². The second-order valence-corrected chi connectivity index (χ2v) is 7.22. The molecule has 0 bridgehead atoms. The van der Waals surface area contributed by atoms with E-state index in [1.54, 1.807) is 0 Å². The van der Waals surface area contributed by atoms with Crippen molar-refractivity contribution in [2.75, 3.05) is 5.32 Å². The molecule has 0 radical (unpaired) electrons. The van der Waals surface area contributed by atoms with Gasteiger partial charge in [0.1, 0.15) is 0 Å². The number of allylic oxidation sites excluding steroid dienone is 2. The Balaban J connectivity index is 1.83. The van der Waals surface area contributed by atoms with E-state index in [1.807, 2.05) is 12.1 Å². The molecule has 4 rings (SSSR count). The van der Waals surface area contributed by atoms with Crippen LogP contribution in [0.2, 0.25) is 10.0 Å². The van der Waals surface area contributed by atoms with Crippen LogP contribution in [0.5, 0.6) is 0 Å². The van der Waals surface area contributed by atoms with Crippen LogP contribution in [0.15, 0.2) is 48.6 Å². The quantitative estimate of drug-likeness (QED) is 0.623. The summed E-state index contributed by atoms with van der Waals surface area (Å²) in [4.78, 5) is 0. The van der Waals surface area contributed by atoms with Gasteiger partial charge in [0.15, 0.2) is 0 Å². The molecule has 23 heavy (non-hydrogen) atoms. The Morgan fingerprint density at radius 3 is 2.78 bits per heavy atom. The van der Waals surface area contributed by atoms with Crippen molar-refractivity contribution in [3.05, 3.63) is 75.3 Å². The number of anilines is 1. The van der Waals surface area contributed by atoms with Crippen LogP contribution in [0.3, 0.4) is 0 Å². The van der Waals surface area contributed by atoms with Crippen molar-refractivity contribution in [2.24, 2.45) is 5.92 Å². The van der Waals surface area contributed by atoms with Gasteiger partial charge in [-0.05, 0) is 47.6 Å². The Kier molecular flexibility index (Phi) is 3.87. The number of hydrogen-bond donors (Lipinski definition) is 1. The van der Waals surface area contributed by atoms with E-state index in [9.17, 15) is 0 Å². The molecule has 1 aliphatic carbocycles. The molecule has 3 heteroatoms. The van der Waals surface area contributed by atoms with Crippen molar-refractivity contribution in [1.29, 1.82) is 0 Å². The van der Waals surface area contributed by atoms with Crippen molar-refractivity contribution < 1.29 is 0 Å². The average molecular weight is 344 g/mol. The molecule has 1 heterocycles. The van der Waals surface area contributed by atoms with E-state index in [0.29, 0.717) is 16.9 Å². The topological polar surface area (TPSA) is 12.0 Å². The maximum atomic E-state index is 6.51. The van der Waals surface area contributed by atoms with E-state index in [-0.39, 0.29) is 6.04 Å². The van der Waals surface area contributed by atoms with Gasteiger partial charge in [-0.1, -0.05) is 66.5 Å². The van der Waals surface area contributed by atoms with E-state index < -0.39 is 0 Å². The van der Waals surface area contributed by atoms with Gasteiger partial charge in [0.2, 0.25) is 0 Å². The summed E-state index contributed by atoms with van der Waals surface area (Å²) in [5.74, 6) is 0.975. The highest BCUT2D eigenvalue weighted by atomic mass is 35.5. The minimum Gasteiger partial charge on any atom is -0.377 e. The Hall–Kier alpha value is -1.44. The molecule has 2 aromatic carbocycles. The molecule has 0 unspecified atom stereocenters. The highest BCUT2D eigenvalue weighted by Crippen LogP contribution is 2.51. The first-order chi connectivity index (χ1) is 11.2.